The predicted molar refractivity (Wildman–Crippen MR) is 111 cm³/mol. The Morgan fingerprint density at radius 3 is 2.79 bits per heavy atom. The van der Waals surface area contributed by atoms with Crippen molar-refractivity contribution in [2.24, 2.45) is 13.0 Å². The number of hydrogen-bond acceptors (Lipinski definition) is 5. The van der Waals surface area contributed by atoms with Gasteiger partial charge in [-0.25, -0.2) is 4.68 Å². The summed E-state index contributed by atoms with van der Waals surface area (Å²) in [6, 6.07) is 7.88. The third kappa shape index (κ3) is 4.03. The quantitative estimate of drug-likeness (QED) is 0.805. The lowest BCUT2D eigenvalue weighted by Gasteiger charge is -2.20. The first kappa shape index (κ1) is 19.6. The van der Waals surface area contributed by atoms with Crippen molar-refractivity contribution < 1.29 is 9.59 Å². The van der Waals surface area contributed by atoms with Crippen molar-refractivity contribution in [1.82, 2.24) is 20.1 Å². The minimum absolute atomic E-state index is 0.0144. The molecular formula is C21H28N6O2. The Kier molecular flexibility index (Phi) is 5.62. The number of aryl methyl sites for hydroxylation is 2. The highest BCUT2D eigenvalue weighted by atomic mass is 16.2. The zero-order chi connectivity index (χ0) is 20.4. The molecule has 0 bridgehead atoms. The number of aromatic nitrogens is 3. The van der Waals surface area contributed by atoms with Gasteiger partial charge in [-0.1, -0.05) is 25.1 Å². The monoisotopic (exact) mass is 396 g/mol. The van der Waals surface area contributed by atoms with E-state index in [4.69, 9.17) is 0 Å². The number of anilines is 2. The van der Waals surface area contributed by atoms with Crippen molar-refractivity contribution in [3.8, 4) is 0 Å². The third-order valence-electron chi connectivity index (χ3n) is 5.88. The zero-order valence-electron chi connectivity index (χ0n) is 17.0. The standard InChI is InChI=1S/C21H28N6O2/c1-3-14-6-4-5-7-17(14)27-13-16(12-18(27)28)20(29)24-21-23-19(25-26(21)2)15-8-10-22-11-9-15/h4-7,15-16,22H,3,8-13H2,1-2H3,(H,23,24,25,29). The van der Waals surface area contributed by atoms with Crippen LogP contribution in [-0.4, -0.2) is 46.2 Å². The van der Waals surface area contributed by atoms with Gasteiger partial charge in [0.15, 0.2) is 5.82 Å². The molecule has 1 atom stereocenters. The summed E-state index contributed by atoms with van der Waals surface area (Å²) in [6.07, 6.45) is 3.05. The van der Waals surface area contributed by atoms with E-state index in [1.165, 1.54) is 0 Å². The van der Waals surface area contributed by atoms with E-state index in [9.17, 15) is 9.59 Å². The summed E-state index contributed by atoms with van der Waals surface area (Å²) in [5.41, 5.74) is 2.02. The van der Waals surface area contributed by atoms with Gasteiger partial charge in [0.05, 0.1) is 5.92 Å². The minimum atomic E-state index is -0.397. The molecule has 8 nitrogen and oxygen atoms in total. The number of amides is 2. The van der Waals surface area contributed by atoms with Gasteiger partial charge in [0.1, 0.15) is 0 Å². The van der Waals surface area contributed by atoms with E-state index in [-0.39, 0.29) is 18.2 Å². The number of rotatable bonds is 5. The van der Waals surface area contributed by atoms with Gasteiger partial charge in [-0.3, -0.25) is 14.9 Å². The molecule has 3 heterocycles. The molecule has 1 unspecified atom stereocenters. The molecule has 0 saturated carbocycles. The summed E-state index contributed by atoms with van der Waals surface area (Å²) >= 11 is 0. The molecule has 0 radical (unpaired) electrons. The lowest BCUT2D eigenvalue weighted by Crippen LogP contribution is -2.29. The molecule has 29 heavy (non-hydrogen) atoms. The maximum atomic E-state index is 12.8. The van der Waals surface area contributed by atoms with E-state index in [1.807, 2.05) is 24.3 Å². The second-order valence-electron chi connectivity index (χ2n) is 7.82. The summed E-state index contributed by atoms with van der Waals surface area (Å²) in [4.78, 5) is 31.7. The SMILES string of the molecule is CCc1ccccc1N1CC(C(=O)Nc2nc(C3CCNCC3)nn2C)CC1=O. The second-order valence-corrected chi connectivity index (χ2v) is 7.82. The summed E-state index contributed by atoms with van der Waals surface area (Å²) in [7, 11) is 1.79. The second kappa shape index (κ2) is 8.32. The number of para-hydroxylation sites is 1. The summed E-state index contributed by atoms with van der Waals surface area (Å²) in [6.45, 7) is 4.38. The number of carbonyl (C=O) groups excluding carboxylic acids is 2. The molecule has 0 spiro atoms. The Balaban J connectivity index is 1.44. The summed E-state index contributed by atoms with van der Waals surface area (Å²) < 4.78 is 1.62. The maximum Gasteiger partial charge on any atom is 0.232 e. The number of carbonyl (C=O) groups is 2. The molecule has 2 aliphatic rings. The van der Waals surface area contributed by atoms with Crippen molar-refractivity contribution >= 4 is 23.5 Å². The molecule has 2 fully saturated rings. The van der Waals surface area contributed by atoms with Crippen LogP contribution in [0.3, 0.4) is 0 Å². The van der Waals surface area contributed by atoms with E-state index in [2.05, 4.69) is 27.6 Å². The van der Waals surface area contributed by atoms with Gasteiger partial charge in [-0.2, -0.15) is 10.1 Å². The molecule has 2 N–H and O–H groups in total. The number of benzene rings is 1. The van der Waals surface area contributed by atoms with Gasteiger partial charge >= 0.3 is 0 Å². The lowest BCUT2D eigenvalue weighted by atomic mass is 9.98. The lowest BCUT2D eigenvalue weighted by molar-refractivity contribution is -0.122. The van der Waals surface area contributed by atoms with Crippen molar-refractivity contribution in [1.29, 1.82) is 0 Å². The van der Waals surface area contributed by atoms with Crippen LogP contribution in [0.25, 0.3) is 0 Å². The number of nitrogens with one attached hydrogen (secondary N) is 2. The first-order valence-corrected chi connectivity index (χ1v) is 10.4. The number of hydrogen-bond donors (Lipinski definition) is 2. The van der Waals surface area contributed by atoms with Crippen molar-refractivity contribution in [2.75, 3.05) is 29.9 Å². The maximum absolute atomic E-state index is 12.8. The molecular weight excluding hydrogens is 368 g/mol. The fraction of sp³-hybridized carbons (Fsp3) is 0.524. The molecule has 1 aromatic carbocycles. The Morgan fingerprint density at radius 2 is 2.03 bits per heavy atom. The summed E-state index contributed by atoms with van der Waals surface area (Å²) in [5, 5.41) is 10.7. The van der Waals surface area contributed by atoms with Crippen LogP contribution in [0, 0.1) is 5.92 Å². The average Bonchev–Trinajstić information content (AvgIpc) is 3.31. The first-order valence-electron chi connectivity index (χ1n) is 10.4. The van der Waals surface area contributed by atoms with Crippen molar-refractivity contribution in [3.63, 3.8) is 0 Å². The molecule has 1 aromatic heterocycles. The van der Waals surface area contributed by atoms with Gasteiger partial charge < -0.3 is 10.2 Å². The third-order valence-corrected chi connectivity index (χ3v) is 5.88. The molecule has 2 saturated heterocycles. The Morgan fingerprint density at radius 1 is 1.28 bits per heavy atom. The Bertz CT molecular complexity index is 902. The van der Waals surface area contributed by atoms with Crippen molar-refractivity contribution in [2.45, 2.75) is 38.5 Å². The van der Waals surface area contributed by atoms with Gasteiger partial charge in [0.2, 0.25) is 17.8 Å². The van der Waals surface area contributed by atoms with Crippen LogP contribution in [0.4, 0.5) is 11.6 Å². The smallest absolute Gasteiger partial charge is 0.232 e. The average molecular weight is 396 g/mol. The number of piperidine rings is 1. The largest absolute Gasteiger partial charge is 0.317 e. The molecule has 4 rings (SSSR count). The van der Waals surface area contributed by atoms with E-state index in [0.717, 1.165) is 49.4 Å². The van der Waals surface area contributed by atoms with Crippen LogP contribution in [0.2, 0.25) is 0 Å². The van der Waals surface area contributed by atoms with Crippen LogP contribution >= 0.6 is 0 Å². The van der Waals surface area contributed by atoms with Crippen LogP contribution < -0.4 is 15.5 Å². The molecule has 2 amide bonds. The Hall–Kier alpha value is -2.74. The van der Waals surface area contributed by atoms with Gasteiger partial charge in [-0.05, 0) is 44.0 Å². The molecule has 2 aromatic rings. The highest BCUT2D eigenvalue weighted by Gasteiger charge is 2.36. The number of nitrogens with zero attached hydrogens (tertiary/aromatic N) is 4. The molecule has 2 aliphatic heterocycles. The molecule has 154 valence electrons. The first-order chi connectivity index (χ1) is 14.1. The Labute approximate surface area is 170 Å². The molecule has 8 heteroatoms. The normalized spacial score (nSPS) is 20.3. The highest BCUT2D eigenvalue weighted by molar-refractivity contribution is 6.03. The van der Waals surface area contributed by atoms with Crippen LogP contribution in [0.5, 0.6) is 0 Å². The molecule has 0 aliphatic carbocycles. The van der Waals surface area contributed by atoms with Crippen LogP contribution in [0.15, 0.2) is 24.3 Å². The van der Waals surface area contributed by atoms with Gasteiger partial charge in [-0.15, -0.1) is 0 Å². The van der Waals surface area contributed by atoms with E-state index < -0.39 is 5.92 Å². The fourth-order valence-corrected chi connectivity index (χ4v) is 4.17. The summed E-state index contributed by atoms with van der Waals surface area (Å²) in [5.74, 6) is 0.962. The minimum Gasteiger partial charge on any atom is -0.317 e. The van der Waals surface area contributed by atoms with Crippen molar-refractivity contribution in [3.05, 3.63) is 35.7 Å². The van der Waals surface area contributed by atoms with E-state index >= 15 is 0 Å². The van der Waals surface area contributed by atoms with Crippen LogP contribution in [0.1, 0.15) is 43.5 Å². The van der Waals surface area contributed by atoms with E-state index in [1.54, 1.807) is 16.6 Å². The van der Waals surface area contributed by atoms with Crippen LogP contribution in [-0.2, 0) is 23.1 Å². The van der Waals surface area contributed by atoms with Gasteiger partial charge in [0, 0.05) is 31.6 Å². The highest BCUT2D eigenvalue weighted by Crippen LogP contribution is 2.29. The fourth-order valence-electron chi connectivity index (χ4n) is 4.17. The zero-order valence-corrected chi connectivity index (χ0v) is 17.0. The van der Waals surface area contributed by atoms with Gasteiger partial charge in [0.25, 0.3) is 0 Å². The predicted octanol–water partition coefficient (Wildman–Crippen LogP) is 1.84. The topological polar surface area (TPSA) is 92.2 Å². The van der Waals surface area contributed by atoms with E-state index in [0.29, 0.717) is 18.4 Å².